The van der Waals surface area contributed by atoms with Crippen LogP contribution < -0.4 is 10.1 Å². The molecule has 2 atom stereocenters. The van der Waals surface area contributed by atoms with Gasteiger partial charge in [-0.2, -0.15) is 0 Å². The Bertz CT molecular complexity index is 1210. The number of anilines is 2. The topological polar surface area (TPSA) is 73.8 Å². The van der Waals surface area contributed by atoms with Gasteiger partial charge in [0.15, 0.2) is 0 Å². The minimum atomic E-state index is -0.603. The zero-order valence-corrected chi connectivity index (χ0v) is 20.1. The quantitative estimate of drug-likeness (QED) is 0.545. The van der Waals surface area contributed by atoms with Gasteiger partial charge in [-0.25, -0.2) is 14.4 Å². The summed E-state index contributed by atoms with van der Waals surface area (Å²) < 4.78 is 19.2. The summed E-state index contributed by atoms with van der Waals surface area (Å²) in [7, 11) is 3.79. The van der Waals surface area contributed by atoms with E-state index in [1.807, 2.05) is 12.1 Å². The summed E-state index contributed by atoms with van der Waals surface area (Å²) in [5, 5.41) is 15.1. The van der Waals surface area contributed by atoms with E-state index < -0.39 is 12.0 Å². The molecule has 5 rings (SSSR count). The van der Waals surface area contributed by atoms with E-state index in [4.69, 9.17) is 16.3 Å². The maximum absolute atomic E-state index is 13.6. The van der Waals surface area contributed by atoms with Gasteiger partial charge in [0.1, 0.15) is 29.9 Å². The molecular weight excluding hydrogens is 457 g/mol. The summed E-state index contributed by atoms with van der Waals surface area (Å²) in [5.41, 5.74) is 2.49. The molecule has 2 N–H and O–H groups in total. The van der Waals surface area contributed by atoms with Crippen molar-refractivity contribution in [3.8, 4) is 5.75 Å². The van der Waals surface area contributed by atoms with Gasteiger partial charge in [-0.1, -0.05) is 11.6 Å². The molecule has 2 unspecified atom stereocenters. The minimum absolute atomic E-state index is 0.0330. The van der Waals surface area contributed by atoms with Crippen LogP contribution in [0.2, 0.25) is 5.02 Å². The number of benzene rings is 2. The molecule has 7 nitrogen and oxygen atoms in total. The molecule has 2 aromatic carbocycles. The number of nitrogens with one attached hydrogen (secondary N) is 1. The van der Waals surface area contributed by atoms with Gasteiger partial charge in [0, 0.05) is 43.2 Å². The van der Waals surface area contributed by atoms with Crippen molar-refractivity contribution in [2.75, 3.05) is 45.7 Å². The number of fused-ring (bicyclic) bond motifs is 1. The standard InChI is InChI=1S/C25H29ClFN5O2/c1-31-7-5-25(13-31)6-8-32(14-25)23(33)10-16-9-18-21(12-22(16)34-2)28-15-29-24(18)30-17-3-4-20(27)19(26)11-17/h3-4,9,11-12,15,23,33H,5-8,10,13-14H2,1-2H3,(H,28,29,30). The summed E-state index contributed by atoms with van der Waals surface area (Å²) >= 11 is 5.94. The Labute approximate surface area is 203 Å². The van der Waals surface area contributed by atoms with E-state index in [1.54, 1.807) is 13.2 Å². The number of nitrogens with zero attached hydrogens (tertiary/aromatic N) is 4. The largest absolute Gasteiger partial charge is 0.496 e. The molecule has 180 valence electrons. The smallest absolute Gasteiger partial charge is 0.141 e. The zero-order chi connectivity index (χ0) is 23.9. The number of rotatable bonds is 6. The van der Waals surface area contributed by atoms with Crippen LogP contribution in [0.4, 0.5) is 15.9 Å². The third kappa shape index (κ3) is 4.55. The predicted molar refractivity (Wildman–Crippen MR) is 131 cm³/mol. The van der Waals surface area contributed by atoms with Crippen molar-refractivity contribution in [2.24, 2.45) is 5.41 Å². The van der Waals surface area contributed by atoms with Crippen LogP contribution in [-0.4, -0.2) is 71.4 Å². The van der Waals surface area contributed by atoms with Crippen LogP contribution in [0.25, 0.3) is 10.9 Å². The maximum Gasteiger partial charge on any atom is 0.141 e. The number of hydrogen-bond donors (Lipinski definition) is 2. The normalized spacial score (nSPS) is 22.0. The highest BCUT2D eigenvalue weighted by atomic mass is 35.5. The van der Waals surface area contributed by atoms with E-state index >= 15 is 0 Å². The third-order valence-electron chi connectivity index (χ3n) is 7.14. The van der Waals surface area contributed by atoms with Crippen molar-refractivity contribution < 1.29 is 14.2 Å². The van der Waals surface area contributed by atoms with Gasteiger partial charge in [0.25, 0.3) is 0 Å². The summed E-state index contributed by atoms with van der Waals surface area (Å²) in [4.78, 5) is 13.3. The van der Waals surface area contributed by atoms with Gasteiger partial charge >= 0.3 is 0 Å². The fraction of sp³-hybridized carbons (Fsp3) is 0.440. The second-order valence-corrected chi connectivity index (χ2v) is 9.96. The Balaban J connectivity index is 1.40. The number of ether oxygens (including phenoxy) is 1. The van der Waals surface area contributed by atoms with Gasteiger partial charge in [0.2, 0.25) is 0 Å². The first kappa shape index (κ1) is 23.2. The van der Waals surface area contributed by atoms with E-state index in [0.717, 1.165) is 43.5 Å². The van der Waals surface area contributed by atoms with Gasteiger partial charge in [-0.05, 0) is 61.7 Å². The van der Waals surface area contributed by atoms with Crippen LogP contribution in [0.5, 0.6) is 5.75 Å². The number of aromatic nitrogens is 2. The molecule has 0 amide bonds. The predicted octanol–water partition coefficient (Wildman–Crippen LogP) is 4.06. The fourth-order valence-electron chi connectivity index (χ4n) is 5.33. The van der Waals surface area contributed by atoms with Gasteiger partial charge in [0.05, 0.1) is 17.6 Å². The molecule has 1 spiro atoms. The lowest BCUT2D eigenvalue weighted by atomic mass is 9.86. The molecule has 0 saturated carbocycles. The number of aliphatic hydroxyl groups is 1. The molecule has 1 aromatic heterocycles. The highest BCUT2D eigenvalue weighted by Gasteiger charge is 2.43. The lowest BCUT2D eigenvalue weighted by Crippen LogP contribution is -2.37. The molecule has 2 saturated heterocycles. The summed E-state index contributed by atoms with van der Waals surface area (Å²) in [6, 6.07) is 8.25. The van der Waals surface area contributed by atoms with E-state index in [9.17, 15) is 9.50 Å². The molecule has 0 radical (unpaired) electrons. The molecule has 0 bridgehead atoms. The Morgan fingerprint density at radius 3 is 2.76 bits per heavy atom. The first-order valence-corrected chi connectivity index (χ1v) is 11.9. The van der Waals surface area contributed by atoms with Crippen molar-refractivity contribution in [1.82, 2.24) is 19.8 Å². The number of methoxy groups -OCH3 is 1. The van der Waals surface area contributed by atoms with Crippen LogP contribution in [0, 0.1) is 11.2 Å². The van der Waals surface area contributed by atoms with Crippen molar-refractivity contribution >= 4 is 34.0 Å². The Morgan fingerprint density at radius 2 is 2.03 bits per heavy atom. The van der Waals surface area contributed by atoms with Crippen LogP contribution in [-0.2, 0) is 6.42 Å². The van der Waals surface area contributed by atoms with E-state index in [1.165, 1.54) is 24.9 Å². The zero-order valence-electron chi connectivity index (χ0n) is 19.4. The summed E-state index contributed by atoms with van der Waals surface area (Å²) in [6.07, 6.45) is 3.60. The first-order valence-electron chi connectivity index (χ1n) is 11.5. The minimum Gasteiger partial charge on any atom is -0.496 e. The lowest BCUT2D eigenvalue weighted by Gasteiger charge is -2.27. The molecule has 9 heteroatoms. The Kier molecular flexibility index (Phi) is 6.33. The van der Waals surface area contributed by atoms with Crippen LogP contribution in [0.3, 0.4) is 0 Å². The summed E-state index contributed by atoms with van der Waals surface area (Å²) in [6.45, 7) is 4.02. The third-order valence-corrected chi connectivity index (χ3v) is 7.43. The van der Waals surface area contributed by atoms with Gasteiger partial charge in [-0.3, -0.25) is 4.90 Å². The number of aliphatic hydroxyl groups excluding tert-OH is 1. The fourth-order valence-corrected chi connectivity index (χ4v) is 5.51. The molecule has 3 heterocycles. The van der Waals surface area contributed by atoms with Crippen molar-refractivity contribution in [3.05, 3.63) is 53.1 Å². The van der Waals surface area contributed by atoms with E-state index in [-0.39, 0.29) is 5.02 Å². The highest BCUT2D eigenvalue weighted by molar-refractivity contribution is 6.31. The molecule has 34 heavy (non-hydrogen) atoms. The van der Waals surface area contributed by atoms with Crippen LogP contribution >= 0.6 is 11.6 Å². The monoisotopic (exact) mass is 485 g/mol. The Hall–Kier alpha value is -2.52. The number of halogens is 2. The first-order chi connectivity index (χ1) is 16.4. The average molecular weight is 486 g/mol. The van der Waals surface area contributed by atoms with E-state index in [0.29, 0.717) is 34.6 Å². The average Bonchev–Trinajstić information content (AvgIpc) is 3.41. The molecule has 2 aliphatic heterocycles. The van der Waals surface area contributed by atoms with E-state index in [2.05, 4.69) is 32.1 Å². The van der Waals surface area contributed by atoms with Crippen LogP contribution in [0.1, 0.15) is 18.4 Å². The SMILES string of the molecule is COc1cc2ncnc(Nc3ccc(F)c(Cl)c3)c2cc1CC(O)N1CCC2(CCN(C)C2)C1. The number of hydrogen-bond acceptors (Lipinski definition) is 7. The van der Waals surface area contributed by atoms with Gasteiger partial charge < -0.3 is 20.1 Å². The second-order valence-electron chi connectivity index (χ2n) is 9.55. The van der Waals surface area contributed by atoms with Crippen molar-refractivity contribution in [2.45, 2.75) is 25.5 Å². The Morgan fingerprint density at radius 1 is 1.21 bits per heavy atom. The molecule has 3 aromatic rings. The van der Waals surface area contributed by atoms with Gasteiger partial charge in [-0.15, -0.1) is 0 Å². The number of likely N-dealkylation sites (tertiary alicyclic amines) is 2. The van der Waals surface area contributed by atoms with Crippen molar-refractivity contribution in [1.29, 1.82) is 0 Å². The highest BCUT2D eigenvalue weighted by Crippen LogP contribution is 2.40. The summed E-state index contributed by atoms with van der Waals surface area (Å²) in [5.74, 6) is 0.768. The van der Waals surface area contributed by atoms with Crippen LogP contribution in [0.15, 0.2) is 36.7 Å². The molecule has 0 aliphatic carbocycles. The molecule has 2 aliphatic rings. The molecular formula is C25H29ClFN5O2. The maximum atomic E-state index is 13.6. The van der Waals surface area contributed by atoms with Crippen molar-refractivity contribution in [3.63, 3.8) is 0 Å². The lowest BCUT2D eigenvalue weighted by molar-refractivity contribution is 0.0133. The molecule has 2 fully saturated rings. The second kappa shape index (κ2) is 9.26.